The molecule has 0 aliphatic rings. The number of nitrogens with zero attached hydrogens (tertiary/aromatic N) is 1. The second-order valence-corrected chi connectivity index (χ2v) is 5.08. The first-order valence-corrected chi connectivity index (χ1v) is 6.52. The number of para-hydroxylation sites is 1. The highest BCUT2D eigenvalue weighted by molar-refractivity contribution is 6.08. The van der Waals surface area contributed by atoms with Gasteiger partial charge in [0.15, 0.2) is 0 Å². The van der Waals surface area contributed by atoms with Gasteiger partial charge in [0.1, 0.15) is 6.04 Å². The quantitative estimate of drug-likeness (QED) is 0.765. The van der Waals surface area contributed by atoms with Crippen molar-refractivity contribution in [2.24, 2.45) is 12.8 Å². The minimum absolute atomic E-state index is 0.340. The van der Waals surface area contributed by atoms with Gasteiger partial charge < -0.3 is 15.4 Å². The van der Waals surface area contributed by atoms with E-state index in [1.807, 2.05) is 37.4 Å². The fourth-order valence-corrected chi connectivity index (χ4v) is 2.67. The van der Waals surface area contributed by atoms with E-state index in [2.05, 4.69) is 16.7 Å². The van der Waals surface area contributed by atoms with Crippen LogP contribution in [0.5, 0.6) is 0 Å². The molecule has 1 heterocycles. The number of nitrogens with two attached hydrogens (primary N) is 1. The molecular formula is C16H16N2O2. The van der Waals surface area contributed by atoms with Crippen molar-refractivity contribution < 1.29 is 9.90 Å². The highest BCUT2D eigenvalue weighted by atomic mass is 16.4. The Morgan fingerprint density at radius 2 is 1.90 bits per heavy atom. The number of carbonyl (C=O) groups is 1. The SMILES string of the molecule is Cn1c2ccccc2c2ccc(CC(N)C(=O)O)cc21. The first kappa shape index (κ1) is 12.7. The summed E-state index contributed by atoms with van der Waals surface area (Å²) in [6.45, 7) is 0. The molecule has 20 heavy (non-hydrogen) atoms. The van der Waals surface area contributed by atoms with Gasteiger partial charge in [0.25, 0.3) is 0 Å². The van der Waals surface area contributed by atoms with Gasteiger partial charge in [-0.25, -0.2) is 0 Å². The zero-order valence-corrected chi connectivity index (χ0v) is 11.2. The molecule has 1 atom stereocenters. The third kappa shape index (κ3) is 1.94. The third-order valence-corrected chi connectivity index (χ3v) is 3.75. The van der Waals surface area contributed by atoms with Gasteiger partial charge >= 0.3 is 5.97 Å². The van der Waals surface area contributed by atoms with Crippen LogP contribution in [0.4, 0.5) is 0 Å². The first-order valence-electron chi connectivity index (χ1n) is 6.52. The molecule has 0 aliphatic carbocycles. The van der Waals surface area contributed by atoms with Gasteiger partial charge in [-0.05, 0) is 24.1 Å². The Balaban J connectivity index is 2.14. The average molecular weight is 268 g/mol. The molecule has 0 aliphatic heterocycles. The van der Waals surface area contributed by atoms with Crippen LogP contribution < -0.4 is 5.73 Å². The lowest BCUT2D eigenvalue weighted by Gasteiger charge is -2.07. The molecular weight excluding hydrogens is 252 g/mol. The van der Waals surface area contributed by atoms with Gasteiger partial charge in [-0.2, -0.15) is 0 Å². The molecule has 0 radical (unpaired) electrons. The standard InChI is InChI=1S/C16H16N2O2/c1-18-14-5-3-2-4-11(14)12-7-6-10(9-15(12)18)8-13(17)16(19)20/h2-7,9,13H,8,17H2,1H3,(H,19,20). The Hall–Kier alpha value is -2.33. The molecule has 102 valence electrons. The van der Waals surface area contributed by atoms with Crippen molar-refractivity contribution in [3.05, 3.63) is 48.0 Å². The maximum absolute atomic E-state index is 10.8. The largest absolute Gasteiger partial charge is 0.480 e. The molecule has 4 heteroatoms. The molecule has 0 fully saturated rings. The van der Waals surface area contributed by atoms with Gasteiger partial charge in [-0.3, -0.25) is 4.79 Å². The number of carboxylic acid groups (broad SMARTS) is 1. The van der Waals surface area contributed by atoms with Gasteiger partial charge in [0.05, 0.1) is 0 Å². The molecule has 0 bridgehead atoms. The van der Waals surface area contributed by atoms with Crippen LogP contribution in [0, 0.1) is 0 Å². The fraction of sp³-hybridized carbons (Fsp3) is 0.188. The van der Waals surface area contributed by atoms with Gasteiger partial charge in [0, 0.05) is 28.9 Å². The fourth-order valence-electron chi connectivity index (χ4n) is 2.67. The summed E-state index contributed by atoms with van der Waals surface area (Å²) in [5.74, 6) is -0.970. The van der Waals surface area contributed by atoms with Gasteiger partial charge in [0.2, 0.25) is 0 Å². The molecule has 1 unspecified atom stereocenters. The van der Waals surface area contributed by atoms with Crippen molar-refractivity contribution in [1.82, 2.24) is 4.57 Å². The molecule has 0 saturated heterocycles. The van der Waals surface area contributed by atoms with Crippen molar-refractivity contribution in [2.75, 3.05) is 0 Å². The summed E-state index contributed by atoms with van der Waals surface area (Å²) in [7, 11) is 2.02. The normalized spacial score (nSPS) is 12.9. The Morgan fingerprint density at radius 1 is 1.20 bits per heavy atom. The van der Waals surface area contributed by atoms with E-state index in [-0.39, 0.29) is 0 Å². The minimum Gasteiger partial charge on any atom is -0.480 e. The molecule has 1 aromatic heterocycles. The lowest BCUT2D eigenvalue weighted by Crippen LogP contribution is -2.32. The summed E-state index contributed by atoms with van der Waals surface area (Å²) < 4.78 is 2.13. The number of benzene rings is 2. The number of hydrogen-bond donors (Lipinski definition) is 2. The maximum atomic E-state index is 10.8. The van der Waals surface area contributed by atoms with Crippen LogP contribution in [0.3, 0.4) is 0 Å². The maximum Gasteiger partial charge on any atom is 0.320 e. The number of rotatable bonds is 3. The van der Waals surface area contributed by atoms with Crippen LogP contribution in [0.15, 0.2) is 42.5 Å². The van der Waals surface area contributed by atoms with Gasteiger partial charge in [-0.1, -0.05) is 30.3 Å². The van der Waals surface area contributed by atoms with E-state index in [1.165, 1.54) is 16.3 Å². The van der Waals surface area contributed by atoms with E-state index in [9.17, 15) is 4.79 Å². The summed E-state index contributed by atoms with van der Waals surface area (Å²) in [5.41, 5.74) is 8.81. The van der Waals surface area contributed by atoms with E-state index in [0.717, 1.165) is 11.1 Å². The number of fused-ring (bicyclic) bond motifs is 3. The number of hydrogen-bond acceptors (Lipinski definition) is 2. The van der Waals surface area contributed by atoms with Crippen molar-refractivity contribution in [1.29, 1.82) is 0 Å². The molecule has 4 nitrogen and oxygen atoms in total. The Morgan fingerprint density at radius 3 is 2.65 bits per heavy atom. The van der Waals surface area contributed by atoms with Crippen LogP contribution in [0.25, 0.3) is 21.8 Å². The van der Waals surface area contributed by atoms with E-state index in [0.29, 0.717) is 6.42 Å². The summed E-state index contributed by atoms with van der Waals surface area (Å²) in [4.78, 5) is 10.8. The highest BCUT2D eigenvalue weighted by Gasteiger charge is 2.14. The van der Waals surface area contributed by atoms with Crippen LogP contribution in [0.2, 0.25) is 0 Å². The summed E-state index contributed by atoms with van der Waals surface area (Å²) in [5, 5.41) is 11.3. The molecule has 3 N–H and O–H groups in total. The number of aromatic nitrogens is 1. The predicted molar refractivity (Wildman–Crippen MR) is 79.7 cm³/mol. The first-order chi connectivity index (χ1) is 9.58. The van der Waals surface area contributed by atoms with E-state index in [1.54, 1.807) is 0 Å². The predicted octanol–water partition coefficient (Wildman–Crippen LogP) is 2.29. The average Bonchev–Trinajstić information content (AvgIpc) is 2.73. The third-order valence-electron chi connectivity index (χ3n) is 3.75. The van der Waals surface area contributed by atoms with E-state index < -0.39 is 12.0 Å². The molecule has 2 aromatic carbocycles. The highest BCUT2D eigenvalue weighted by Crippen LogP contribution is 2.28. The van der Waals surface area contributed by atoms with Crippen molar-refractivity contribution in [2.45, 2.75) is 12.5 Å². The summed E-state index contributed by atoms with van der Waals surface area (Å²) in [6, 6.07) is 13.4. The zero-order valence-electron chi connectivity index (χ0n) is 11.2. The zero-order chi connectivity index (χ0) is 14.3. The smallest absolute Gasteiger partial charge is 0.320 e. The minimum atomic E-state index is -0.970. The van der Waals surface area contributed by atoms with E-state index in [4.69, 9.17) is 10.8 Å². The molecule has 0 saturated carbocycles. The molecule has 0 amide bonds. The monoisotopic (exact) mass is 268 g/mol. The number of aryl methyl sites for hydroxylation is 1. The molecule has 3 aromatic rings. The number of carboxylic acids is 1. The Kier molecular flexibility index (Phi) is 2.95. The number of aliphatic carboxylic acids is 1. The Labute approximate surface area is 116 Å². The summed E-state index contributed by atoms with van der Waals surface area (Å²) >= 11 is 0. The Bertz CT molecular complexity index is 805. The van der Waals surface area contributed by atoms with Crippen molar-refractivity contribution >= 4 is 27.8 Å². The van der Waals surface area contributed by atoms with Gasteiger partial charge in [-0.15, -0.1) is 0 Å². The topological polar surface area (TPSA) is 68.2 Å². The lowest BCUT2D eigenvalue weighted by atomic mass is 10.0. The van der Waals surface area contributed by atoms with Crippen molar-refractivity contribution in [3.8, 4) is 0 Å². The van der Waals surface area contributed by atoms with Crippen LogP contribution in [-0.4, -0.2) is 21.7 Å². The molecule has 0 spiro atoms. The van der Waals surface area contributed by atoms with Crippen LogP contribution in [0.1, 0.15) is 5.56 Å². The van der Waals surface area contributed by atoms with E-state index >= 15 is 0 Å². The molecule has 3 rings (SSSR count). The second kappa shape index (κ2) is 4.65. The lowest BCUT2D eigenvalue weighted by molar-refractivity contribution is -0.138. The summed E-state index contributed by atoms with van der Waals surface area (Å²) in [6.07, 6.45) is 0.340. The van der Waals surface area contributed by atoms with Crippen molar-refractivity contribution in [3.63, 3.8) is 0 Å². The van der Waals surface area contributed by atoms with Crippen LogP contribution in [-0.2, 0) is 18.3 Å². The van der Waals surface area contributed by atoms with Crippen LogP contribution >= 0.6 is 0 Å². The second-order valence-electron chi connectivity index (χ2n) is 5.08.